The molecule has 0 radical (unpaired) electrons. The van der Waals surface area contributed by atoms with Gasteiger partial charge in [-0.15, -0.1) is 0 Å². The minimum Gasteiger partial charge on any atom is -0.343 e. The average molecular weight is 191 g/mol. The van der Waals surface area contributed by atoms with Gasteiger partial charge in [0.15, 0.2) is 0 Å². The number of benzene rings is 1. The molecule has 14 heavy (non-hydrogen) atoms. The standard InChI is InChI=1S/C12H17NO/c1-10(13(3)11(2)14)9-12-7-5-4-6-8-12/h4-8,10H,9H2,1-3H3/t10-/m0/s1. The lowest BCUT2D eigenvalue weighted by molar-refractivity contribution is -0.129. The maximum absolute atomic E-state index is 11.1. The summed E-state index contributed by atoms with van der Waals surface area (Å²) in [7, 11) is 1.84. The van der Waals surface area contributed by atoms with Gasteiger partial charge in [0.05, 0.1) is 0 Å². The fourth-order valence-corrected chi connectivity index (χ4v) is 1.40. The van der Waals surface area contributed by atoms with Crippen LogP contribution < -0.4 is 0 Å². The van der Waals surface area contributed by atoms with Crippen LogP contribution in [-0.2, 0) is 11.2 Å². The molecule has 1 amide bonds. The van der Waals surface area contributed by atoms with Crippen LogP contribution in [0.5, 0.6) is 0 Å². The number of carbonyl (C=O) groups is 1. The van der Waals surface area contributed by atoms with Crippen molar-refractivity contribution in [3.05, 3.63) is 35.9 Å². The van der Waals surface area contributed by atoms with Crippen LogP contribution in [-0.4, -0.2) is 23.9 Å². The summed E-state index contributed by atoms with van der Waals surface area (Å²) in [6.07, 6.45) is 0.914. The van der Waals surface area contributed by atoms with Crippen LogP contribution in [0.15, 0.2) is 30.3 Å². The predicted octanol–water partition coefficient (Wildman–Crippen LogP) is 2.10. The van der Waals surface area contributed by atoms with Crippen LogP contribution in [0.3, 0.4) is 0 Å². The molecule has 0 N–H and O–H groups in total. The third kappa shape index (κ3) is 2.87. The lowest BCUT2D eigenvalue weighted by atomic mass is 10.1. The molecule has 0 aromatic heterocycles. The summed E-state index contributed by atoms with van der Waals surface area (Å²) < 4.78 is 0. The third-order valence-corrected chi connectivity index (χ3v) is 2.53. The SMILES string of the molecule is CC(=O)N(C)[C@@H](C)Cc1ccccc1. The van der Waals surface area contributed by atoms with E-state index in [1.807, 2.05) is 25.2 Å². The zero-order chi connectivity index (χ0) is 10.6. The highest BCUT2D eigenvalue weighted by atomic mass is 16.2. The first-order valence-corrected chi connectivity index (χ1v) is 4.88. The van der Waals surface area contributed by atoms with E-state index in [2.05, 4.69) is 19.1 Å². The molecule has 0 unspecified atom stereocenters. The van der Waals surface area contributed by atoms with Gasteiger partial charge in [0.25, 0.3) is 0 Å². The fourth-order valence-electron chi connectivity index (χ4n) is 1.40. The maximum Gasteiger partial charge on any atom is 0.219 e. The van der Waals surface area contributed by atoms with Gasteiger partial charge < -0.3 is 4.90 Å². The summed E-state index contributed by atoms with van der Waals surface area (Å²) >= 11 is 0. The highest BCUT2D eigenvalue weighted by Gasteiger charge is 2.11. The molecule has 0 aliphatic rings. The summed E-state index contributed by atoms with van der Waals surface area (Å²) in [4.78, 5) is 12.9. The van der Waals surface area contributed by atoms with E-state index in [9.17, 15) is 4.79 Å². The minimum atomic E-state index is 0.119. The number of hydrogen-bond donors (Lipinski definition) is 0. The molecule has 0 saturated heterocycles. The first kappa shape index (κ1) is 10.8. The van der Waals surface area contributed by atoms with Crippen molar-refractivity contribution in [3.8, 4) is 0 Å². The van der Waals surface area contributed by atoms with E-state index in [4.69, 9.17) is 0 Å². The van der Waals surface area contributed by atoms with E-state index >= 15 is 0 Å². The van der Waals surface area contributed by atoms with Gasteiger partial charge in [-0.05, 0) is 18.9 Å². The average Bonchev–Trinajstić information content (AvgIpc) is 2.18. The monoisotopic (exact) mass is 191 g/mol. The Morgan fingerprint density at radius 2 is 1.93 bits per heavy atom. The van der Waals surface area contributed by atoms with Crippen molar-refractivity contribution < 1.29 is 4.79 Å². The quantitative estimate of drug-likeness (QED) is 0.716. The normalized spacial score (nSPS) is 12.2. The number of likely N-dealkylation sites (N-methyl/N-ethyl adjacent to an activating group) is 1. The molecule has 0 fully saturated rings. The van der Waals surface area contributed by atoms with Crippen molar-refractivity contribution in [2.45, 2.75) is 26.3 Å². The third-order valence-electron chi connectivity index (χ3n) is 2.53. The van der Waals surface area contributed by atoms with Crippen LogP contribution >= 0.6 is 0 Å². The molecule has 1 rings (SSSR count). The zero-order valence-corrected chi connectivity index (χ0v) is 9.03. The van der Waals surface area contributed by atoms with Gasteiger partial charge in [0, 0.05) is 20.0 Å². The Morgan fingerprint density at radius 3 is 2.43 bits per heavy atom. The predicted molar refractivity (Wildman–Crippen MR) is 58.1 cm³/mol. The van der Waals surface area contributed by atoms with Gasteiger partial charge in [-0.2, -0.15) is 0 Å². The van der Waals surface area contributed by atoms with E-state index in [1.54, 1.807) is 11.8 Å². The lowest BCUT2D eigenvalue weighted by Gasteiger charge is -2.23. The van der Waals surface area contributed by atoms with E-state index in [0.717, 1.165) is 6.42 Å². The molecule has 0 aliphatic heterocycles. The largest absolute Gasteiger partial charge is 0.343 e. The molecule has 0 heterocycles. The molecule has 0 aliphatic carbocycles. The number of nitrogens with zero attached hydrogens (tertiary/aromatic N) is 1. The fraction of sp³-hybridized carbons (Fsp3) is 0.417. The van der Waals surface area contributed by atoms with Crippen molar-refractivity contribution in [1.82, 2.24) is 4.90 Å². The highest BCUT2D eigenvalue weighted by Crippen LogP contribution is 2.07. The minimum absolute atomic E-state index is 0.119. The van der Waals surface area contributed by atoms with Gasteiger partial charge >= 0.3 is 0 Å². The van der Waals surface area contributed by atoms with E-state index in [-0.39, 0.29) is 11.9 Å². The second-order valence-corrected chi connectivity index (χ2v) is 3.67. The molecule has 0 saturated carbocycles. The van der Waals surface area contributed by atoms with Gasteiger partial charge in [-0.25, -0.2) is 0 Å². The molecule has 76 valence electrons. The molecular formula is C12H17NO. The van der Waals surface area contributed by atoms with Crippen LogP contribution in [0, 0.1) is 0 Å². The smallest absolute Gasteiger partial charge is 0.219 e. The zero-order valence-electron chi connectivity index (χ0n) is 9.03. The second kappa shape index (κ2) is 4.80. The summed E-state index contributed by atoms with van der Waals surface area (Å²) in [5.74, 6) is 0.119. The maximum atomic E-state index is 11.1. The van der Waals surface area contributed by atoms with Crippen LogP contribution in [0.2, 0.25) is 0 Å². The van der Waals surface area contributed by atoms with Crippen molar-refractivity contribution in [3.63, 3.8) is 0 Å². The van der Waals surface area contributed by atoms with Gasteiger partial charge in [-0.3, -0.25) is 4.79 Å². The second-order valence-electron chi connectivity index (χ2n) is 3.67. The van der Waals surface area contributed by atoms with E-state index in [0.29, 0.717) is 0 Å². The number of rotatable bonds is 3. The molecule has 2 nitrogen and oxygen atoms in total. The molecule has 0 spiro atoms. The van der Waals surface area contributed by atoms with Crippen molar-refractivity contribution in [2.24, 2.45) is 0 Å². The van der Waals surface area contributed by atoms with Crippen LogP contribution in [0.1, 0.15) is 19.4 Å². The Hall–Kier alpha value is -1.31. The molecular weight excluding hydrogens is 174 g/mol. The van der Waals surface area contributed by atoms with Crippen molar-refractivity contribution in [2.75, 3.05) is 7.05 Å². The van der Waals surface area contributed by atoms with Crippen LogP contribution in [0.25, 0.3) is 0 Å². The van der Waals surface area contributed by atoms with Crippen LogP contribution in [0.4, 0.5) is 0 Å². The topological polar surface area (TPSA) is 20.3 Å². The Labute approximate surface area is 85.5 Å². The molecule has 2 heteroatoms. The Morgan fingerprint density at radius 1 is 1.36 bits per heavy atom. The first-order chi connectivity index (χ1) is 6.61. The molecule has 0 bridgehead atoms. The summed E-state index contributed by atoms with van der Waals surface area (Å²) in [5.41, 5.74) is 1.27. The number of hydrogen-bond acceptors (Lipinski definition) is 1. The van der Waals surface area contributed by atoms with E-state index in [1.165, 1.54) is 5.56 Å². The van der Waals surface area contributed by atoms with Crippen molar-refractivity contribution >= 4 is 5.91 Å². The van der Waals surface area contributed by atoms with Gasteiger partial charge in [-0.1, -0.05) is 30.3 Å². The van der Waals surface area contributed by atoms with E-state index < -0.39 is 0 Å². The lowest BCUT2D eigenvalue weighted by Crippen LogP contribution is -2.34. The Bertz CT molecular complexity index is 294. The summed E-state index contributed by atoms with van der Waals surface area (Å²) in [6, 6.07) is 10.5. The Balaban J connectivity index is 2.57. The van der Waals surface area contributed by atoms with Gasteiger partial charge in [0.2, 0.25) is 5.91 Å². The van der Waals surface area contributed by atoms with Gasteiger partial charge in [0.1, 0.15) is 0 Å². The number of carbonyl (C=O) groups excluding carboxylic acids is 1. The van der Waals surface area contributed by atoms with Crippen molar-refractivity contribution in [1.29, 1.82) is 0 Å². The highest BCUT2D eigenvalue weighted by molar-refractivity contribution is 5.73. The molecule has 1 atom stereocenters. The molecule has 1 aromatic carbocycles. The number of amides is 1. The first-order valence-electron chi connectivity index (χ1n) is 4.88. The summed E-state index contributed by atoms with van der Waals surface area (Å²) in [6.45, 7) is 3.66. The summed E-state index contributed by atoms with van der Waals surface area (Å²) in [5, 5.41) is 0. The Kier molecular flexibility index (Phi) is 3.69. The molecule has 1 aromatic rings.